The number of nitrogens with one attached hydrogen (secondary N) is 1. The Morgan fingerprint density at radius 2 is 2.11 bits per heavy atom. The van der Waals surface area contributed by atoms with Gasteiger partial charge in [0.05, 0.1) is 6.61 Å². The fourth-order valence-corrected chi connectivity index (χ4v) is 3.50. The summed E-state index contributed by atoms with van der Waals surface area (Å²) < 4.78 is 7.24. The van der Waals surface area contributed by atoms with Crippen molar-refractivity contribution < 1.29 is 9.53 Å². The van der Waals surface area contributed by atoms with Gasteiger partial charge < -0.3 is 10.1 Å². The molecule has 0 saturated heterocycles. The molecule has 1 aliphatic heterocycles. The van der Waals surface area contributed by atoms with Gasteiger partial charge >= 0.3 is 0 Å². The average molecular weight is 363 g/mol. The molecule has 0 unspecified atom stereocenters. The third-order valence-electron chi connectivity index (χ3n) is 4.98. The summed E-state index contributed by atoms with van der Waals surface area (Å²) in [5.74, 6) is 0.790. The van der Waals surface area contributed by atoms with Crippen LogP contribution in [0.4, 0.5) is 0 Å². The maximum atomic E-state index is 12.7. The lowest BCUT2D eigenvalue weighted by Gasteiger charge is -2.14. The summed E-state index contributed by atoms with van der Waals surface area (Å²) in [6.07, 6.45) is 3.05. The monoisotopic (exact) mass is 363 g/mol. The number of hydrogen-bond acceptors (Lipinski definition) is 4. The summed E-state index contributed by atoms with van der Waals surface area (Å²) in [5.41, 5.74) is 2.15. The van der Waals surface area contributed by atoms with Crippen molar-refractivity contribution >= 4 is 11.6 Å². The molecule has 0 aliphatic carbocycles. The van der Waals surface area contributed by atoms with E-state index in [1.165, 1.54) is 10.6 Å². The van der Waals surface area contributed by atoms with Gasteiger partial charge in [0.25, 0.3) is 11.5 Å². The number of ether oxygens (including phenoxy) is 1. The van der Waals surface area contributed by atoms with E-state index in [4.69, 9.17) is 4.74 Å². The maximum absolute atomic E-state index is 12.7. The highest BCUT2D eigenvalue weighted by Gasteiger charge is 2.20. The molecule has 0 saturated carbocycles. The number of fused-ring (bicyclic) bond motifs is 2. The third kappa shape index (κ3) is 3.43. The fourth-order valence-electron chi connectivity index (χ4n) is 3.50. The zero-order chi connectivity index (χ0) is 18.8. The molecule has 0 fully saturated rings. The molecule has 1 aliphatic rings. The Kier molecular flexibility index (Phi) is 4.62. The first kappa shape index (κ1) is 17.3. The lowest BCUT2D eigenvalue weighted by Crippen LogP contribution is -2.35. The van der Waals surface area contributed by atoms with Gasteiger partial charge in [0.15, 0.2) is 0 Å². The van der Waals surface area contributed by atoms with Gasteiger partial charge in [-0.15, -0.1) is 0 Å². The molecular weight excluding hydrogens is 342 g/mol. The number of aryl methyl sites for hydroxylation is 1. The number of nitrogens with zero attached hydrogens (tertiary/aromatic N) is 2. The minimum atomic E-state index is -0.386. The summed E-state index contributed by atoms with van der Waals surface area (Å²) in [7, 11) is 0. The minimum absolute atomic E-state index is 0.0621. The van der Waals surface area contributed by atoms with Crippen molar-refractivity contribution in [2.45, 2.75) is 19.8 Å². The molecule has 27 heavy (non-hydrogen) atoms. The summed E-state index contributed by atoms with van der Waals surface area (Å²) in [4.78, 5) is 29.5. The number of para-hydroxylation sites is 1. The van der Waals surface area contributed by atoms with Gasteiger partial charge in [0.2, 0.25) is 0 Å². The molecule has 3 aromatic rings. The molecule has 0 spiro atoms. The van der Waals surface area contributed by atoms with Crippen LogP contribution in [-0.4, -0.2) is 28.4 Å². The quantitative estimate of drug-likeness (QED) is 0.775. The number of pyridine rings is 1. The molecule has 2 aromatic heterocycles. The average Bonchev–Trinajstić information content (AvgIpc) is 2.88. The van der Waals surface area contributed by atoms with Crippen molar-refractivity contribution in [3.63, 3.8) is 0 Å². The topological polar surface area (TPSA) is 72.7 Å². The molecule has 0 bridgehead atoms. The van der Waals surface area contributed by atoms with Gasteiger partial charge in [0, 0.05) is 18.4 Å². The van der Waals surface area contributed by atoms with E-state index in [-0.39, 0.29) is 22.9 Å². The number of aromatic nitrogens is 2. The van der Waals surface area contributed by atoms with Crippen molar-refractivity contribution in [2.24, 2.45) is 5.92 Å². The van der Waals surface area contributed by atoms with E-state index in [9.17, 15) is 9.59 Å². The van der Waals surface area contributed by atoms with E-state index in [0.29, 0.717) is 18.8 Å². The van der Waals surface area contributed by atoms with Crippen LogP contribution in [0.1, 0.15) is 28.0 Å². The van der Waals surface area contributed by atoms with Crippen LogP contribution < -0.4 is 15.6 Å². The predicted octanol–water partition coefficient (Wildman–Crippen LogP) is 2.37. The lowest BCUT2D eigenvalue weighted by atomic mass is 9.97. The smallest absolute Gasteiger partial charge is 0.270 e. The van der Waals surface area contributed by atoms with Gasteiger partial charge in [-0.2, -0.15) is 0 Å². The Morgan fingerprint density at radius 3 is 3.00 bits per heavy atom. The minimum Gasteiger partial charge on any atom is -0.493 e. The second-order valence-electron chi connectivity index (χ2n) is 6.86. The molecule has 4 rings (SSSR count). The van der Waals surface area contributed by atoms with Crippen LogP contribution in [0.3, 0.4) is 0 Å². The van der Waals surface area contributed by atoms with Crippen LogP contribution in [0, 0.1) is 12.8 Å². The highest BCUT2D eigenvalue weighted by Crippen LogP contribution is 2.26. The van der Waals surface area contributed by atoms with Crippen LogP contribution in [0.5, 0.6) is 5.75 Å². The Morgan fingerprint density at radius 1 is 1.26 bits per heavy atom. The number of hydrogen-bond donors (Lipinski definition) is 1. The van der Waals surface area contributed by atoms with E-state index in [1.807, 2.05) is 37.3 Å². The molecule has 1 atom stereocenters. The summed E-state index contributed by atoms with van der Waals surface area (Å²) in [6, 6.07) is 13.4. The largest absolute Gasteiger partial charge is 0.493 e. The second kappa shape index (κ2) is 7.23. The SMILES string of the molecule is Cc1cccc2ncc(C(=O)NC[C@H]3CCOc4ccccc4C3)c(=O)n12. The number of carbonyl (C=O) groups is 1. The van der Waals surface area contributed by atoms with Crippen LogP contribution in [-0.2, 0) is 6.42 Å². The number of rotatable bonds is 3. The molecule has 6 nitrogen and oxygen atoms in total. The molecular formula is C21H21N3O3. The standard InChI is InChI=1S/C21H21N3O3/c1-14-5-4-8-19-22-13-17(21(26)24(14)19)20(25)23-12-15-9-10-27-18-7-3-2-6-16(18)11-15/h2-8,13,15H,9-12H2,1H3,(H,23,25)/t15-/m0/s1. The number of carbonyl (C=O) groups excluding carboxylic acids is 1. The van der Waals surface area contributed by atoms with Crippen LogP contribution in [0.2, 0.25) is 0 Å². The summed E-state index contributed by atoms with van der Waals surface area (Å²) in [5, 5.41) is 2.90. The molecule has 0 radical (unpaired) electrons. The van der Waals surface area contributed by atoms with Gasteiger partial charge in [-0.25, -0.2) is 4.98 Å². The second-order valence-corrected chi connectivity index (χ2v) is 6.86. The fraction of sp³-hybridized carbons (Fsp3) is 0.286. The molecule has 138 valence electrons. The van der Waals surface area contributed by atoms with E-state index in [0.717, 1.165) is 29.8 Å². The van der Waals surface area contributed by atoms with Gasteiger partial charge in [-0.3, -0.25) is 14.0 Å². The van der Waals surface area contributed by atoms with Crippen molar-refractivity contribution in [1.29, 1.82) is 0 Å². The van der Waals surface area contributed by atoms with E-state index < -0.39 is 0 Å². The Labute approximate surface area is 156 Å². The van der Waals surface area contributed by atoms with Gasteiger partial charge in [-0.1, -0.05) is 24.3 Å². The third-order valence-corrected chi connectivity index (χ3v) is 4.98. The number of amides is 1. The van der Waals surface area contributed by atoms with E-state index in [2.05, 4.69) is 16.4 Å². The van der Waals surface area contributed by atoms with Gasteiger partial charge in [0.1, 0.15) is 17.0 Å². The normalized spacial score (nSPS) is 16.3. The zero-order valence-electron chi connectivity index (χ0n) is 15.1. The predicted molar refractivity (Wildman–Crippen MR) is 102 cm³/mol. The van der Waals surface area contributed by atoms with Crippen molar-refractivity contribution in [2.75, 3.05) is 13.2 Å². The van der Waals surface area contributed by atoms with Gasteiger partial charge in [-0.05, 0) is 49.4 Å². The molecule has 6 heteroatoms. The Bertz CT molecular complexity index is 1060. The molecule has 1 aromatic carbocycles. The summed E-state index contributed by atoms with van der Waals surface area (Å²) in [6.45, 7) is 2.93. The first-order valence-electron chi connectivity index (χ1n) is 9.10. The van der Waals surface area contributed by atoms with Crippen LogP contribution in [0.15, 0.2) is 53.5 Å². The Hall–Kier alpha value is -3.15. The van der Waals surface area contributed by atoms with Crippen molar-refractivity contribution in [3.05, 3.63) is 75.8 Å². The van der Waals surface area contributed by atoms with E-state index >= 15 is 0 Å². The highest BCUT2D eigenvalue weighted by atomic mass is 16.5. The Balaban J connectivity index is 1.50. The van der Waals surface area contributed by atoms with Crippen molar-refractivity contribution in [3.8, 4) is 5.75 Å². The van der Waals surface area contributed by atoms with Crippen molar-refractivity contribution in [1.82, 2.24) is 14.7 Å². The highest BCUT2D eigenvalue weighted by molar-refractivity contribution is 5.93. The van der Waals surface area contributed by atoms with Crippen LogP contribution in [0.25, 0.3) is 5.65 Å². The molecule has 1 amide bonds. The molecule has 1 N–H and O–H groups in total. The summed E-state index contributed by atoms with van der Waals surface area (Å²) >= 11 is 0. The lowest BCUT2D eigenvalue weighted by molar-refractivity contribution is 0.0943. The first-order chi connectivity index (χ1) is 13.1. The van der Waals surface area contributed by atoms with Crippen LogP contribution >= 0.6 is 0 Å². The zero-order valence-corrected chi connectivity index (χ0v) is 15.1. The maximum Gasteiger partial charge on any atom is 0.270 e. The van der Waals surface area contributed by atoms with E-state index in [1.54, 1.807) is 6.07 Å². The molecule has 3 heterocycles. The first-order valence-corrected chi connectivity index (χ1v) is 9.10. The number of benzene rings is 1.